The molecule has 3 aromatic carbocycles. The number of hydrogen-bond donors (Lipinski definition) is 2. The molecule has 0 aliphatic carbocycles. The second-order valence-electron chi connectivity index (χ2n) is 6.53. The van der Waals surface area contributed by atoms with Crippen LogP contribution in [0.4, 0.5) is 11.4 Å². The predicted molar refractivity (Wildman–Crippen MR) is 119 cm³/mol. The number of carbonyl (C=O) groups is 2. The number of methoxy groups -OCH3 is 1. The van der Waals surface area contributed by atoms with Gasteiger partial charge in [0.2, 0.25) is 5.91 Å². The maximum absolute atomic E-state index is 13.0. The van der Waals surface area contributed by atoms with Crippen molar-refractivity contribution in [3.63, 3.8) is 0 Å². The summed E-state index contributed by atoms with van der Waals surface area (Å²) in [7, 11) is -2.69. The Kier molecular flexibility index (Phi) is 6.62. The summed E-state index contributed by atoms with van der Waals surface area (Å²) < 4.78 is 33.6. The van der Waals surface area contributed by atoms with Gasteiger partial charge >= 0.3 is 0 Å². The first-order valence-corrected chi connectivity index (χ1v) is 10.9. The Morgan fingerprint density at radius 2 is 1.65 bits per heavy atom. The van der Waals surface area contributed by atoms with Crippen molar-refractivity contribution >= 4 is 44.7 Å². The molecule has 31 heavy (non-hydrogen) atoms. The molecule has 0 radical (unpaired) electrons. The lowest BCUT2D eigenvalue weighted by molar-refractivity contribution is -0.114. The first kappa shape index (κ1) is 22.3. The van der Waals surface area contributed by atoms with Gasteiger partial charge in [0.25, 0.3) is 10.0 Å². The van der Waals surface area contributed by atoms with E-state index in [1.165, 1.54) is 50.4 Å². The van der Waals surface area contributed by atoms with Crippen LogP contribution in [-0.4, -0.2) is 27.2 Å². The lowest BCUT2D eigenvalue weighted by Crippen LogP contribution is -2.17. The quantitative estimate of drug-likeness (QED) is 0.513. The molecule has 0 atom stereocenters. The molecule has 9 heteroatoms. The molecule has 0 aliphatic rings. The number of benzene rings is 3. The highest BCUT2D eigenvalue weighted by atomic mass is 35.5. The zero-order valence-corrected chi connectivity index (χ0v) is 18.3. The summed E-state index contributed by atoms with van der Waals surface area (Å²) in [6.07, 6.45) is 0. The van der Waals surface area contributed by atoms with E-state index in [4.69, 9.17) is 16.3 Å². The van der Waals surface area contributed by atoms with Gasteiger partial charge in [-0.25, -0.2) is 8.42 Å². The SMILES string of the molecule is COc1ccc(S(=O)(=O)Nc2ccc(Cl)cc2C(=O)c2ccccc2)cc1NC(C)=O. The fourth-order valence-electron chi connectivity index (χ4n) is 2.88. The van der Waals surface area contributed by atoms with Crippen LogP contribution in [0.25, 0.3) is 0 Å². The van der Waals surface area contributed by atoms with Gasteiger partial charge in [0.1, 0.15) is 5.75 Å². The van der Waals surface area contributed by atoms with Gasteiger partial charge in [0, 0.05) is 23.1 Å². The van der Waals surface area contributed by atoms with Crippen LogP contribution in [0.1, 0.15) is 22.8 Å². The van der Waals surface area contributed by atoms with Crippen molar-refractivity contribution in [1.29, 1.82) is 0 Å². The molecule has 2 N–H and O–H groups in total. The second kappa shape index (κ2) is 9.20. The summed E-state index contributed by atoms with van der Waals surface area (Å²) in [6.45, 7) is 1.30. The minimum absolute atomic E-state index is 0.0788. The summed E-state index contributed by atoms with van der Waals surface area (Å²) in [5.74, 6) is -0.454. The third-order valence-corrected chi connectivity index (χ3v) is 5.90. The highest BCUT2D eigenvalue weighted by molar-refractivity contribution is 7.92. The van der Waals surface area contributed by atoms with Crippen LogP contribution in [0.3, 0.4) is 0 Å². The minimum atomic E-state index is -4.10. The van der Waals surface area contributed by atoms with E-state index in [0.29, 0.717) is 16.3 Å². The Labute approximate surface area is 185 Å². The lowest BCUT2D eigenvalue weighted by Gasteiger charge is -2.15. The van der Waals surface area contributed by atoms with Gasteiger partial charge in [-0.15, -0.1) is 0 Å². The number of amides is 1. The monoisotopic (exact) mass is 458 g/mol. The largest absolute Gasteiger partial charge is 0.495 e. The van der Waals surface area contributed by atoms with Crippen molar-refractivity contribution in [2.24, 2.45) is 0 Å². The number of nitrogens with one attached hydrogen (secondary N) is 2. The van der Waals surface area contributed by atoms with Crippen LogP contribution in [0, 0.1) is 0 Å². The molecule has 0 aliphatic heterocycles. The standard InChI is InChI=1S/C22H19ClN2O5S/c1-14(26)24-20-13-17(9-11-21(20)30-2)31(28,29)25-19-10-8-16(23)12-18(19)22(27)15-6-4-3-5-7-15/h3-13,25H,1-2H3,(H,24,26). The first-order valence-electron chi connectivity index (χ1n) is 9.09. The molecule has 0 saturated heterocycles. The molecule has 0 aromatic heterocycles. The van der Waals surface area contributed by atoms with Crippen LogP contribution in [0.15, 0.2) is 71.6 Å². The van der Waals surface area contributed by atoms with Crippen molar-refractivity contribution in [1.82, 2.24) is 0 Å². The number of sulfonamides is 1. The van der Waals surface area contributed by atoms with Crippen LogP contribution in [0.2, 0.25) is 5.02 Å². The van der Waals surface area contributed by atoms with E-state index < -0.39 is 10.0 Å². The van der Waals surface area contributed by atoms with Gasteiger partial charge in [-0.1, -0.05) is 41.9 Å². The highest BCUT2D eigenvalue weighted by Gasteiger charge is 2.21. The lowest BCUT2D eigenvalue weighted by atomic mass is 10.0. The molecule has 0 saturated carbocycles. The summed E-state index contributed by atoms with van der Waals surface area (Å²) in [5.41, 5.74) is 0.783. The summed E-state index contributed by atoms with van der Waals surface area (Å²) >= 11 is 6.06. The summed E-state index contributed by atoms with van der Waals surface area (Å²) in [5, 5.41) is 2.82. The zero-order valence-electron chi connectivity index (χ0n) is 16.7. The van der Waals surface area contributed by atoms with E-state index in [9.17, 15) is 18.0 Å². The average molecular weight is 459 g/mol. The number of ketones is 1. The third kappa shape index (κ3) is 5.22. The minimum Gasteiger partial charge on any atom is -0.495 e. The number of ether oxygens (including phenoxy) is 1. The van der Waals surface area contributed by atoms with Gasteiger partial charge in [0.05, 0.1) is 23.4 Å². The number of carbonyl (C=O) groups excluding carboxylic acids is 2. The second-order valence-corrected chi connectivity index (χ2v) is 8.65. The molecule has 3 rings (SSSR count). The van der Waals surface area contributed by atoms with Gasteiger partial charge in [0.15, 0.2) is 5.78 Å². The van der Waals surface area contributed by atoms with Gasteiger partial charge in [-0.3, -0.25) is 14.3 Å². The van der Waals surface area contributed by atoms with Gasteiger partial charge in [-0.05, 0) is 36.4 Å². The van der Waals surface area contributed by atoms with E-state index in [-0.39, 0.29) is 33.5 Å². The first-order chi connectivity index (χ1) is 14.7. The number of halogens is 1. The predicted octanol–water partition coefficient (Wildman–Crippen LogP) is 4.34. The number of anilines is 2. The van der Waals surface area contributed by atoms with Crippen LogP contribution in [-0.2, 0) is 14.8 Å². The molecule has 0 fully saturated rings. The van der Waals surface area contributed by atoms with E-state index in [1.807, 2.05) is 0 Å². The molecule has 160 valence electrons. The van der Waals surface area contributed by atoms with Gasteiger partial charge < -0.3 is 10.1 Å². The fourth-order valence-corrected chi connectivity index (χ4v) is 4.16. The van der Waals surface area contributed by atoms with Crippen LogP contribution < -0.4 is 14.8 Å². The zero-order chi connectivity index (χ0) is 22.6. The maximum atomic E-state index is 13.0. The van der Waals surface area contributed by atoms with E-state index in [1.54, 1.807) is 30.3 Å². The summed E-state index contributed by atoms with van der Waals surface area (Å²) in [4.78, 5) is 24.3. The number of rotatable bonds is 7. The van der Waals surface area contributed by atoms with E-state index >= 15 is 0 Å². The fraction of sp³-hybridized carbons (Fsp3) is 0.0909. The number of hydrogen-bond acceptors (Lipinski definition) is 5. The average Bonchev–Trinajstić information content (AvgIpc) is 2.74. The molecule has 0 bridgehead atoms. The van der Waals surface area contributed by atoms with Crippen molar-refractivity contribution in [2.75, 3.05) is 17.1 Å². The third-order valence-electron chi connectivity index (χ3n) is 4.30. The normalized spacial score (nSPS) is 10.9. The molecule has 0 spiro atoms. The molecular weight excluding hydrogens is 440 g/mol. The molecule has 0 unspecified atom stereocenters. The highest BCUT2D eigenvalue weighted by Crippen LogP contribution is 2.30. The Morgan fingerprint density at radius 1 is 0.935 bits per heavy atom. The Morgan fingerprint density at radius 3 is 2.29 bits per heavy atom. The van der Waals surface area contributed by atoms with Crippen LogP contribution >= 0.6 is 11.6 Å². The van der Waals surface area contributed by atoms with Crippen molar-refractivity contribution in [3.05, 3.63) is 82.9 Å². The van der Waals surface area contributed by atoms with Crippen molar-refractivity contribution in [2.45, 2.75) is 11.8 Å². The molecule has 0 heterocycles. The Hall–Kier alpha value is -3.36. The summed E-state index contributed by atoms with van der Waals surface area (Å²) in [6, 6.07) is 16.8. The maximum Gasteiger partial charge on any atom is 0.261 e. The van der Waals surface area contributed by atoms with Crippen molar-refractivity contribution < 1.29 is 22.7 Å². The molecule has 1 amide bonds. The van der Waals surface area contributed by atoms with Crippen molar-refractivity contribution in [3.8, 4) is 5.75 Å². The molecule has 7 nitrogen and oxygen atoms in total. The van der Waals surface area contributed by atoms with Gasteiger partial charge in [-0.2, -0.15) is 0 Å². The molecule has 3 aromatic rings. The van der Waals surface area contributed by atoms with Crippen LogP contribution in [0.5, 0.6) is 5.75 Å². The van der Waals surface area contributed by atoms with E-state index in [2.05, 4.69) is 10.0 Å². The topological polar surface area (TPSA) is 102 Å². The Balaban J connectivity index is 2.01. The van der Waals surface area contributed by atoms with E-state index in [0.717, 1.165) is 0 Å². The molecular formula is C22H19ClN2O5S. The smallest absolute Gasteiger partial charge is 0.261 e. The Bertz CT molecular complexity index is 1240.